The number of imidazole rings is 1. The van der Waals surface area contributed by atoms with Crippen LogP contribution in [0, 0.1) is 25.2 Å². The third kappa shape index (κ3) is 2.58. The molecule has 2 heterocycles. The molecule has 0 radical (unpaired) electrons. The van der Waals surface area contributed by atoms with E-state index in [1.807, 2.05) is 48.7 Å². The molecule has 0 fully saturated rings. The van der Waals surface area contributed by atoms with Gasteiger partial charge >= 0.3 is 0 Å². The largest absolute Gasteiger partial charge is 0.220 e. The Kier molecular flexibility index (Phi) is 3.86. The summed E-state index contributed by atoms with van der Waals surface area (Å²) in [7, 11) is 0. The zero-order valence-corrected chi connectivity index (χ0v) is 13.6. The van der Waals surface area contributed by atoms with E-state index in [1.165, 1.54) is 11.8 Å². The van der Waals surface area contributed by atoms with Crippen LogP contribution in [-0.4, -0.2) is 19.8 Å². The monoisotopic (exact) mass is 308 g/mol. The van der Waals surface area contributed by atoms with E-state index in [2.05, 4.69) is 24.2 Å². The molecule has 3 rings (SSSR count). The van der Waals surface area contributed by atoms with Crippen LogP contribution in [0.25, 0.3) is 16.8 Å². The Morgan fingerprint density at radius 1 is 1.23 bits per heavy atom. The summed E-state index contributed by atoms with van der Waals surface area (Å²) < 4.78 is 1.87. The fourth-order valence-electron chi connectivity index (χ4n) is 2.46. The summed E-state index contributed by atoms with van der Waals surface area (Å²) in [4.78, 5) is 4.76. The molecule has 2 aromatic heterocycles. The first-order valence-corrected chi connectivity index (χ1v) is 7.97. The minimum atomic E-state index is -0.170. The van der Waals surface area contributed by atoms with Crippen molar-refractivity contribution in [3.63, 3.8) is 0 Å². The summed E-state index contributed by atoms with van der Waals surface area (Å²) in [5.74, 6) is 0. The number of fused-ring (bicyclic) bond motifs is 1. The maximum absolute atomic E-state index is 9.07. The molecule has 110 valence electrons. The van der Waals surface area contributed by atoms with E-state index in [0.717, 1.165) is 33.2 Å². The molecule has 1 aromatic carbocycles. The topological polar surface area (TPSA) is 54.0 Å². The maximum Gasteiger partial charge on any atom is 0.191 e. The van der Waals surface area contributed by atoms with Gasteiger partial charge in [-0.15, -0.1) is 0 Å². The number of nitrogens with zero attached hydrogens (tertiary/aromatic N) is 4. The van der Waals surface area contributed by atoms with Crippen LogP contribution >= 0.6 is 11.8 Å². The third-order valence-corrected chi connectivity index (χ3v) is 4.33. The van der Waals surface area contributed by atoms with Crippen molar-refractivity contribution in [2.75, 3.05) is 0 Å². The van der Waals surface area contributed by atoms with Gasteiger partial charge in [0.15, 0.2) is 5.16 Å². The summed E-state index contributed by atoms with van der Waals surface area (Å²) in [6, 6.07) is 14.4. The predicted octanol–water partition coefficient (Wildman–Crippen LogP) is 4.02. The molecule has 0 N–H and O–H groups in total. The minimum absolute atomic E-state index is 0.170. The Morgan fingerprint density at radius 3 is 2.64 bits per heavy atom. The number of aromatic nitrogens is 3. The molecule has 22 heavy (non-hydrogen) atoms. The van der Waals surface area contributed by atoms with Gasteiger partial charge in [0.25, 0.3) is 0 Å². The Hall–Kier alpha value is -2.32. The van der Waals surface area contributed by atoms with Gasteiger partial charge < -0.3 is 0 Å². The first-order valence-electron chi connectivity index (χ1n) is 7.09. The molecule has 3 aromatic rings. The SMILES string of the molecule is Cc1cc(C)c2c(-c3ccccc3)nc(SC(C)C#N)n2n1. The Morgan fingerprint density at radius 2 is 1.95 bits per heavy atom. The molecule has 0 spiro atoms. The van der Waals surface area contributed by atoms with Crippen LogP contribution in [0.4, 0.5) is 0 Å². The molecular formula is C17H16N4S. The van der Waals surface area contributed by atoms with Gasteiger partial charge in [-0.25, -0.2) is 9.50 Å². The van der Waals surface area contributed by atoms with Crippen LogP contribution < -0.4 is 0 Å². The quantitative estimate of drug-likeness (QED) is 0.686. The lowest BCUT2D eigenvalue weighted by atomic mass is 10.1. The first-order chi connectivity index (χ1) is 10.6. The fourth-order valence-corrected chi connectivity index (χ4v) is 3.21. The van der Waals surface area contributed by atoms with Gasteiger partial charge in [0.1, 0.15) is 0 Å². The van der Waals surface area contributed by atoms with E-state index >= 15 is 0 Å². The van der Waals surface area contributed by atoms with Crippen molar-refractivity contribution in [3.8, 4) is 17.3 Å². The molecule has 0 saturated carbocycles. The lowest BCUT2D eigenvalue weighted by Crippen LogP contribution is -2.00. The summed E-state index contributed by atoms with van der Waals surface area (Å²) in [6.07, 6.45) is 0. The standard InChI is InChI=1S/C17H16N4S/c1-11-9-12(2)20-21-16(11)15(14-7-5-4-6-8-14)19-17(21)22-13(3)10-18/h4-9,13H,1-3H3. The molecule has 0 saturated heterocycles. The van der Waals surface area contributed by atoms with Gasteiger partial charge in [0.2, 0.25) is 0 Å². The number of hydrogen-bond acceptors (Lipinski definition) is 4. The number of hydrogen-bond donors (Lipinski definition) is 0. The van der Waals surface area contributed by atoms with E-state index < -0.39 is 0 Å². The van der Waals surface area contributed by atoms with E-state index in [9.17, 15) is 0 Å². The summed E-state index contributed by atoms with van der Waals surface area (Å²) in [5.41, 5.74) is 5.05. The van der Waals surface area contributed by atoms with Gasteiger partial charge in [0.05, 0.1) is 28.2 Å². The van der Waals surface area contributed by atoms with Gasteiger partial charge in [-0.05, 0) is 32.4 Å². The zero-order chi connectivity index (χ0) is 15.7. The Balaban J connectivity index is 2.27. The highest BCUT2D eigenvalue weighted by Crippen LogP contribution is 2.32. The Bertz CT molecular complexity index is 862. The third-order valence-electron chi connectivity index (χ3n) is 3.39. The second-order valence-corrected chi connectivity index (χ2v) is 6.54. The molecule has 5 heteroatoms. The number of benzene rings is 1. The van der Waals surface area contributed by atoms with E-state index in [0.29, 0.717) is 0 Å². The second kappa shape index (κ2) is 5.82. The van der Waals surface area contributed by atoms with Crippen LogP contribution in [-0.2, 0) is 0 Å². The molecule has 1 unspecified atom stereocenters. The van der Waals surface area contributed by atoms with Crippen molar-refractivity contribution in [3.05, 3.63) is 47.7 Å². The lowest BCUT2D eigenvalue weighted by molar-refractivity contribution is 0.792. The highest BCUT2D eigenvalue weighted by Gasteiger charge is 2.18. The number of thioether (sulfide) groups is 1. The van der Waals surface area contributed by atoms with Crippen LogP contribution in [0.3, 0.4) is 0 Å². The van der Waals surface area contributed by atoms with Gasteiger partial charge in [0, 0.05) is 5.56 Å². The number of nitriles is 1. The Labute approximate surface area is 133 Å². The molecular weight excluding hydrogens is 292 g/mol. The predicted molar refractivity (Wildman–Crippen MR) is 88.8 cm³/mol. The highest BCUT2D eigenvalue weighted by atomic mass is 32.2. The average Bonchev–Trinajstić information content (AvgIpc) is 2.87. The molecule has 4 nitrogen and oxygen atoms in total. The van der Waals surface area contributed by atoms with Gasteiger partial charge in [-0.1, -0.05) is 42.1 Å². The van der Waals surface area contributed by atoms with Crippen molar-refractivity contribution >= 4 is 17.3 Å². The highest BCUT2D eigenvalue weighted by molar-refractivity contribution is 8.00. The summed E-state index contributed by atoms with van der Waals surface area (Å²) in [5, 5.41) is 14.3. The first kappa shape index (κ1) is 14.6. The zero-order valence-electron chi connectivity index (χ0n) is 12.7. The van der Waals surface area contributed by atoms with Crippen molar-refractivity contribution < 1.29 is 0 Å². The van der Waals surface area contributed by atoms with Crippen molar-refractivity contribution in [2.24, 2.45) is 0 Å². The van der Waals surface area contributed by atoms with E-state index in [1.54, 1.807) is 0 Å². The number of rotatable bonds is 3. The van der Waals surface area contributed by atoms with Crippen LogP contribution in [0.15, 0.2) is 41.6 Å². The van der Waals surface area contributed by atoms with Crippen molar-refractivity contribution in [1.29, 1.82) is 5.26 Å². The van der Waals surface area contributed by atoms with Crippen LogP contribution in [0.1, 0.15) is 18.2 Å². The molecule has 0 bridgehead atoms. The normalized spacial score (nSPS) is 12.3. The maximum atomic E-state index is 9.07. The minimum Gasteiger partial charge on any atom is -0.220 e. The van der Waals surface area contributed by atoms with Crippen LogP contribution in [0.2, 0.25) is 0 Å². The summed E-state index contributed by atoms with van der Waals surface area (Å²) >= 11 is 1.43. The lowest BCUT2D eigenvalue weighted by Gasteiger charge is -2.05. The molecule has 0 aliphatic rings. The van der Waals surface area contributed by atoms with Gasteiger partial charge in [-0.3, -0.25) is 0 Å². The molecule has 0 aliphatic carbocycles. The molecule has 0 amide bonds. The fraction of sp³-hybridized carbons (Fsp3) is 0.235. The summed E-state index contributed by atoms with van der Waals surface area (Å²) in [6.45, 7) is 5.91. The number of aryl methyl sites for hydroxylation is 2. The average molecular weight is 308 g/mol. The van der Waals surface area contributed by atoms with E-state index in [4.69, 9.17) is 10.2 Å². The van der Waals surface area contributed by atoms with Gasteiger partial charge in [-0.2, -0.15) is 10.4 Å². The van der Waals surface area contributed by atoms with Crippen LogP contribution in [0.5, 0.6) is 0 Å². The van der Waals surface area contributed by atoms with Crippen molar-refractivity contribution in [2.45, 2.75) is 31.2 Å². The molecule has 0 aliphatic heterocycles. The second-order valence-electron chi connectivity index (χ2n) is 5.23. The van der Waals surface area contributed by atoms with Crippen molar-refractivity contribution in [1.82, 2.24) is 14.6 Å². The smallest absolute Gasteiger partial charge is 0.191 e. The van der Waals surface area contributed by atoms with E-state index in [-0.39, 0.29) is 5.25 Å². The molecule has 1 atom stereocenters.